The highest BCUT2D eigenvalue weighted by Crippen LogP contribution is 1.73. The first-order chi connectivity index (χ1) is 6.27. The second-order valence-electron chi connectivity index (χ2n) is 1.92. The summed E-state index contributed by atoms with van der Waals surface area (Å²) >= 11 is 0. The van der Waals surface area contributed by atoms with E-state index in [1.54, 1.807) is 19.2 Å². The summed E-state index contributed by atoms with van der Waals surface area (Å²) in [7, 11) is 1.53. The number of hydrogen-bond acceptors (Lipinski definition) is 2. The highest BCUT2D eigenvalue weighted by molar-refractivity contribution is 6.72. The van der Waals surface area contributed by atoms with E-state index in [0.29, 0.717) is 0 Å². The van der Waals surface area contributed by atoms with Gasteiger partial charge in [0.25, 0.3) is 0 Å². The third-order valence-electron chi connectivity index (χ3n) is 0.973. The summed E-state index contributed by atoms with van der Waals surface area (Å²) in [6, 6.07) is 5.72. The maximum atomic E-state index is 9.76. The van der Waals surface area contributed by atoms with Gasteiger partial charge in [-0.1, -0.05) is 26.7 Å². The Morgan fingerprint density at radius 3 is 1.62 bits per heavy atom. The first kappa shape index (κ1) is 14.4. The zero-order valence-corrected chi connectivity index (χ0v) is 8.82. The molecule has 0 spiro atoms. The highest BCUT2D eigenvalue weighted by Gasteiger charge is 1.80. The summed E-state index contributed by atoms with van der Waals surface area (Å²) in [5.41, 5.74) is 0.130. The fourth-order valence-corrected chi connectivity index (χ4v) is 0.313. The van der Waals surface area contributed by atoms with E-state index in [1.807, 2.05) is 32.0 Å². The molecule has 0 aliphatic heterocycles. The minimum Gasteiger partial charge on any atom is -0.312 e. The molecule has 71 valence electrons. The molecule has 1 radical (unpaired) electrons. The minimum absolute atomic E-state index is 0.130. The summed E-state index contributed by atoms with van der Waals surface area (Å²) in [6.07, 6.45) is 3.50. The third-order valence-corrected chi connectivity index (χ3v) is 0.973. The van der Waals surface area contributed by atoms with Crippen LogP contribution in [0.3, 0.4) is 0 Å². The largest absolute Gasteiger partial charge is 0.312 e. The maximum absolute atomic E-state index is 9.76. The average Bonchev–Trinajstić information content (AvgIpc) is 2.24. The predicted molar refractivity (Wildman–Crippen MR) is 57.9 cm³/mol. The van der Waals surface area contributed by atoms with Crippen LogP contribution in [-0.4, -0.2) is 17.9 Å². The van der Waals surface area contributed by atoms with Gasteiger partial charge in [-0.25, -0.2) is 0 Å². The van der Waals surface area contributed by atoms with Gasteiger partial charge in [0.05, 0.1) is 5.68 Å². The maximum Gasteiger partial charge on any atom is 0.198 e. The lowest BCUT2D eigenvalue weighted by Gasteiger charge is -1.70. The zero-order chi connectivity index (χ0) is 10.5. The zero-order valence-electron chi connectivity index (χ0n) is 8.82. The highest BCUT2D eigenvalue weighted by atomic mass is 16.1. The van der Waals surface area contributed by atoms with Crippen molar-refractivity contribution in [3.63, 3.8) is 0 Å². The minimum atomic E-state index is 0.130. The second-order valence-corrected chi connectivity index (χ2v) is 1.92. The molecule has 0 amide bonds. The van der Waals surface area contributed by atoms with Gasteiger partial charge in [-0.3, -0.25) is 4.98 Å². The van der Waals surface area contributed by atoms with Crippen LogP contribution in [0.4, 0.5) is 0 Å². The molecule has 0 unspecified atom stereocenters. The van der Waals surface area contributed by atoms with Crippen LogP contribution in [0, 0.1) is 0 Å². The van der Waals surface area contributed by atoms with Crippen molar-refractivity contribution in [3.05, 3.63) is 30.6 Å². The van der Waals surface area contributed by atoms with E-state index < -0.39 is 0 Å². The van der Waals surface area contributed by atoms with Gasteiger partial charge in [0.15, 0.2) is 7.28 Å². The molecule has 1 rings (SSSR count). The molecule has 0 aliphatic rings. The molecule has 1 heterocycles. The van der Waals surface area contributed by atoms with Crippen molar-refractivity contribution in [2.24, 2.45) is 0 Å². The number of rotatable bonds is 1. The van der Waals surface area contributed by atoms with Crippen molar-refractivity contribution in [2.75, 3.05) is 0 Å². The van der Waals surface area contributed by atoms with Crippen LogP contribution in [0.1, 0.15) is 20.8 Å². The van der Waals surface area contributed by atoms with E-state index in [2.05, 4.69) is 4.98 Å². The van der Waals surface area contributed by atoms with Gasteiger partial charge >= 0.3 is 0 Å². The van der Waals surface area contributed by atoms with Crippen molar-refractivity contribution in [3.8, 4) is 0 Å². The van der Waals surface area contributed by atoms with Gasteiger partial charge in [0.2, 0.25) is 0 Å². The predicted octanol–water partition coefficient (Wildman–Crippen LogP) is 2.39. The van der Waals surface area contributed by atoms with Gasteiger partial charge < -0.3 is 4.79 Å². The van der Waals surface area contributed by atoms with Gasteiger partial charge in [0, 0.05) is 12.4 Å². The summed E-state index contributed by atoms with van der Waals surface area (Å²) in [4.78, 5) is 13.5. The number of carbonyl (C=O) groups is 1. The first-order valence-corrected chi connectivity index (χ1v) is 4.42. The van der Waals surface area contributed by atoms with Crippen molar-refractivity contribution in [2.45, 2.75) is 27.6 Å². The first-order valence-electron chi connectivity index (χ1n) is 4.42. The molecule has 0 atom stereocenters. The summed E-state index contributed by atoms with van der Waals surface area (Å²) in [6.45, 7) is 7.25. The van der Waals surface area contributed by atoms with Gasteiger partial charge in [-0.15, -0.1) is 0 Å². The molecular formula is C10H17BNO. The number of hydrogen-bond donors (Lipinski definition) is 0. The Bertz CT molecular complexity index is 163. The smallest absolute Gasteiger partial charge is 0.198 e. The topological polar surface area (TPSA) is 30.0 Å². The standard InChI is InChI=1S/C5H5N.C3H6BO.C2H6/c1-2-4-6-5-3-1;1-3(5)4-2;1-2/h1-5H;1-2H3;1-2H3. The van der Waals surface area contributed by atoms with Gasteiger partial charge in [-0.2, -0.15) is 0 Å². The Morgan fingerprint density at radius 2 is 1.54 bits per heavy atom. The average molecular weight is 178 g/mol. The molecular weight excluding hydrogens is 161 g/mol. The van der Waals surface area contributed by atoms with Crippen LogP contribution in [0.5, 0.6) is 0 Å². The molecule has 0 bridgehead atoms. The molecule has 0 saturated heterocycles. The Balaban J connectivity index is 0. The molecule has 0 saturated carbocycles. The quantitative estimate of drug-likeness (QED) is 0.618. The monoisotopic (exact) mass is 178 g/mol. The Hall–Kier alpha value is -1.12. The second kappa shape index (κ2) is 13.5. The number of nitrogens with zero attached hydrogens (tertiary/aromatic N) is 1. The molecule has 0 fully saturated rings. The van der Waals surface area contributed by atoms with Gasteiger partial charge in [-0.05, 0) is 19.1 Å². The summed E-state index contributed by atoms with van der Waals surface area (Å²) in [5, 5.41) is 0. The number of carbonyl (C=O) groups excluding carboxylic acids is 1. The van der Waals surface area contributed by atoms with E-state index in [4.69, 9.17) is 0 Å². The summed E-state index contributed by atoms with van der Waals surface area (Å²) < 4.78 is 0. The van der Waals surface area contributed by atoms with E-state index in [-0.39, 0.29) is 5.68 Å². The molecule has 13 heavy (non-hydrogen) atoms. The molecule has 0 aromatic carbocycles. The Morgan fingerprint density at radius 1 is 1.15 bits per heavy atom. The molecule has 2 nitrogen and oxygen atoms in total. The number of aromatic nitrogens is 1. The van der Waals surface area contributed by atoms with E-state index >= 15 is 0 Å². The van der Waals surface area contributed by atoms with Crippen LogP contribution < -0.4 is 0 Å². The lowest BCUT2D eigenvalue weighted by atomic mass is 9.78. The molecule has 0 N–H and O–H groups in total. The summed E-state index contributed by atoms with van der Waals surface area (Å²) in [5.74, 6) is 0. The van der Waals surface area contributed by atoms with Crippen LogP contribution in [-0.2, 0) is 4.79 Å². The number of pyridine rings is 1. The lowest BCUT2D eigenvalue weighted by Crippen LogP contribution is -1.94. The van der Waals surface area contributed by atoms with Crippen LogP contribution in [0.15, 0.2) is 30.6 Å². The SMILES string of the molecule is CC.C[B]C(C)=O.c1ccncc1. The Kier molecular flexibility index (Phi) is 14.9. The van der Waals surface area contributed by atoms with Crippen molar-refractivity contribution in [1.82, 2.24) is 4.98 Å². The van der Waals surface area contributed by atoms with Crippen LogP contribution >= 0.6 is 0 Å². The normalized spacial score (nSPS) is 6.77. The van der Waals surface area contributed by atoms with Gasteiger partial charge in [0.1, 0.15) is 0 Å². The molecule has 1 aromatic rings. The fraction of sp³-hybridized carbons (Fsp3) is 0.400. The fourth-order valence-electron chi connectivity index (χ4n) is 0.313. The van der Waals surface area contributed by atoms with Crippen molar-refractivity contribution in [1.29, 1.82) is 0 Å². The third kappa shape index (κ3) is 18.1. The molecule has 1 aromatic heterocycles. The lowest BCUT2D eigenvalue weighted by molar-refractivity contribution is -0.110. The van der Waals surface area contributed by atoms with Crippen molar-refractivity contribution >= 4 is 13.0 Å². The van der Waals surface area contributed by atoms with Crippen LogP contribution in [0.25, 0.3) is 0 Å². The van der Waals surface area contributed by atoms with E-state index in [9.17, 15) is 4.79 Å². The van der Waals surface area contributed by atoms with Crippen LogP contribution in [0.2, 0.25) is 6.82 Å². The van der Waals surface area contributed by atoms with E-state index in [1.165, 1.54) is 14.2 Å². The molecule has 0 aliphatic carbocycles. The molecule has 3 heteroatoms. The Labute approximate surface area is 81.6 Å². The van der Waals surface area contributed by atoms with E-state index in [0.717, 1.165) is 0 Å². The van der Waals surface area contributed by atoms with Crippen molar-refractivity contribution < 1.29 is 4.79 Å².